The third-order valence-corrected chi connectivity index (χ3v) is 6.91. The van der Waals surface area contributed by atoms with Gasteiger partial charge in [-0.3, -0.25) is 9.59 Å². The predicted molar refractivity (Wildman–Crippen MR) is 152 cm³/mol. The van der Waals surface area contributed by atoms with Gasteiger partial charge in [0.2, 0.25) is 6.04 Å². The van der Waals surface area contributed by atoms with Gasteiger partial charge in [0.15, 0.2) is 0 Å². The number of unbranched alkanes of at least 4 members (excludes halogenated alkanes) is 20. The van der Waals surface area contributed by atoms with Crippen molar-refractivity contribution in [1.82, 2.24) is 0 Å². The highest BCUT2D eigenvalue weighted by molar-refractivity contribution is 6.05. The lowest BCUT2D eigenvalue weighted by Gasteiger charge is -2.09. The lowest BCUT2D eigenvalue weighted by atomic mass is 10.1. The maximum Gasteiger partial charge on any atom is 0.342 e. The van der Waals surface area contributed by atoms with Crippen molar-refractivity contribution in [3.63, 3.8) is 0 Å². The van der Waals surface area contributed by atoms with E-state index in [0.717, 1.165) is 38.5 Å². The van der Waals surface area contributed by atoms with Gasteiger partial charge in [-0.05, 0) is 12.8 Å². The first-order valence-electron chi connectivity index (χ1n) is 15.7. The van der Waals surface area contributed by atoms with Gasteiger partial charge >= 0.3 is 23.9 Å². The van der Waals surface area contributed by atoms with Gasteiger partial charge in [-0.15, -0.1) is 0 Å². The monoisotopic (exact) mass is 539 g/mol. The number of hydrogen-bond donors (Lipinski definition) is 1. The minimum atomic E-state index is -1.79. The lowest BCUT2D eigenvalue weighted by molar-refractivity contribution is -0.167. The van der Waals surface area contributed by atoms with Crippen LogP contribution >= 0.6 is 0 Å². The van der Waals surface area contributed by atoms with Gasteiger partial charge in [0.1, 0.15) is 0 Å². The molecule has 38 heavy (non-hydrogen) atoms. The van der Waals surface area contributed by atoms with E-state index in [2.05, 4.69) is 23.3 Å². The zero-order valence-corrected chi connectivity index (χ0v) is 24.6. The van der Waals surface area contributed by atoms with E-state index in [-0.39, 0.29) is 12.8 Å². The lowest BCUT2D eigenvalue weighted by Crippen LogP contribution is -2.42. The number of hydrogen-bond acceptors (Lipinski definition) is 7. The molecular formula is C31H57NO6. The highest BCUT2D eigenvalue weighted by atomic mass is 16.6. The summed E-state index contributed by atoms with van der Waals surface area (Å²) < 4.78 is 9.33. The first kappa shape index (κ1) is 36.2. The summed E-state index contributed by atoms with van der Waals surface area (Å²) in [6.45, 7) is 4.44. The maximum absolute atomic E-state index is 12.0. The third kappa shape index (κ3) is 23.4. The molecule has 0 aliphatic heterocycles. The Balaban J connectivity index is 3.74. The molecule has 222 valence electrons. The second kappa shape index (κ2) is 26.8. The van der Waals surface area contributed by atoms with Crippen molar-refractivity contribution in [1.29, 1.82) is 0 Å². The summed E-state index contributed by atoms with van der Waals surface area (Å²) in [6, 6.07) is -1.79. The number of nitrogens with two attached hydrogens (primary N) is 1. The molecule has 0 atom stereocenters. The van der Waals surface area contributed by atoms with E-state index in [1.54, 1.807) is 0 Å². The van der Waals surface area contributed by atoms with Crippen molar-refractivity contribution in [2.45, 2.75) is 174 Å². The van der Waals surface area contributed by atoms with Crippen molar-refractivity contribution < 1.29 is 28.7 Å². The number of ether oxygens (including phenoxy) is 2. The van der Waals surface area contributed by atoms with Crippen molar-refractivity contribution in [2.75, 3.05) is 0 Å². The van der Waals surface area contributed by atoms with E-state index in [4.69, 9.17) is 5.73 Å². The van der Waals surface area contributed by atoms with Crippen LogP contribution in [-0.2, 0) is 28.7 Å². The van der Waals surface area contributed by atoms with Crippen molar-refractivity contribution in [2.24, 2.45) is 5.73 Å². The van der Waals surface area contributed by atoms with Crippen LogP contribution in [0.4, 0.5) is 0 Å². The Bertz CT molecular complexity index is 569. The fourth-order valence-corrected chi connectivity index (χ4v) is 4.42. The molecule has 0 aliphatic carbocycles. The van der Waals surface area contributed by atoms with Gasteiger partial charge < -0.3 is 15.2 Å². The van der Waals surface area contributed by atoms with Gasteiger partial charge in [-0.25, -0.2) is 9.59 Å². The minimum Gasteiger partial charge on any atom is -0.392 e. The van der Waals surface area contributed by atoms with Gasteiger partial charge in [-0.2, -0.15) is 0 Å². The third-order valence-electron chi connectivity index (χ3n) is 6.91. The van der Waals surface area contributed by atoms with Crippen molar-refractivity contribution >= 4 is 23.9 Å². The molecule has 0 fully saturated rings. The van der Waals surface area contributed by atoms with E-state index in [1.165, 1.54) is 89.9 Å². The number of carbonyl (C=O) groups excluding carboxylic acids is 4. The van der Waals surface area contributed by atoms with Crippen LogP contribution in [-0.4, -0.2) is 29.9 Å². The summed E-state index contributed by atoms with van der Waals surface area (Å²) in [5, 5.41) is 0. The second-order valence-corrected chi connectivity index (χ2v) is 10.6. The molecule has 0 saturated carbocycles. The number of carbonyl (C=O) groups is 4. The maximum atomic E-state index is 12.0. The quantitative estimate of drug-likeness (QED) is 0.0676. The molecule has 0 aliphatic rings. The molecular weight excluding hydrogens is 482 g/mol. The van der Waals surface area contributed by atoms with Crippen molar-refractivity contribution in [3.8, 4) is 0 Å². The highest BCUT2D eigenvalue weighted by Crippen LogP contribution is 2.13. The molecule has 0 amide bonds. The van der Waals surface area contributed by atoms with Crippen LogP contribution in [0.2, 0.25) is 0 Å². The molecule has 7 heteroatoms. The number of esters is 4. The SMILES string of the molecule is CCCCCCCCCCCCCC(=O)OC(=O)C(N)C(=O)OC(=O)CCCCCCCCCCCCC. The van der Waals surface area contributed by atoms with E-state index in [1.807, 2.05) is 0 Å². The average molecular weight is 540 g/mol. The van der Waals surface area contributed by atoms with E-state index >= 15 is 0 Å². The normalized spacial score (nSPS) is 11.1. The molecule has 0 saturated heterocycles. The minimum absolute atomic E-state index is 0.0995. The molecule has 0 heterocycles. The molecule has 0 radical (unpaired) electrons. The molecule has 0 unspecified atom stereocenters. The Labute approximate surface area is 232 Å². The zero-order chi connectivity index (χ0) is 28.3. The Morgan fingerprint density at radius 3 is 0.947 bits per heavy atom. The van der Waals surface area contributed by atoms with E-state index in [9.17, 15) is 19.2 Å². The Hall–Kier alpha value is -1.76. The van der Waals surface area contributed by atoms with E-state index in [0.29, 0.717) is 12.8 Å². The van der Waals surface area contributed by atoms with E-state index < -0.39 is 29.9 Å². The van der Waals surface area contributed by atoms with Gasteiger partial charge in [0.25, 0.3) is 0 Å². The van der Waals surface area contributed by atoms with Crippen LogP contribution in [0.3, 0.4) is 0 Å². The second-order valence-electron chi connectivity index (χ2n) is 10.6. The zero-order valence-electron chi connectivity index (χ0n) is 24.6. The summed E-state index contributed by atoms with van der Waals surface area (Å²) in [6.07, 6.45) is 25.6. The van der Waals surface area contributed by atoms with Crippen LogP contribution in [0.25, 0.3) is 0 Å². The molecule has 0 spiro atoms. The van der Waals surface area contributed by atoms with Gasteiger partial charge in [-0.1, -0.05) is 142 Å². The number of rotatable bonds is 26. The summed E-state index contributed by atoms with van der Waals surface area (Å²) >= 11 is 0. The fraction of sp³-hybridized carbons (Fsp3) is 0.871. The first-order chi connectivity index (χ1) is 18.4. The largest absolute Gasteiger partial charge is 0.392 e. The smallest absolute Gasteiger partial charge is 0.342 e. The first-order valence-corrected chi connectivity index (χ1v) is 15.7. The summed E-state index contributed by atoms with van der Waals surface area (Å²) in [5.41, 5.74) is 5.53. The Morgan fingerprint density at radius 1 is 0.447 bits per heavy atom. The molecule has 0 bridgehead atoms. The molecule has 0 aromatic rings. The molecule has 0 aromatic heterocycles. The summed E-state index contributed by atoms with van der Waals surface area (Å²) in [4.78, 5) is 47.7. The van der Waals surface area contributed by atoms with Gasteiger partial charge in [0.05, 0.1) is 0 Å². The molecule has 0 aromatic carbocycles. The highest BCUT2D eigenvalue weighted by Gasteiger charge is 2.29. The summed E-state index contributed by atoms with van der Waals surface area (Å²) in [5.74, 6) is -3.76. The van der Waals surface area contributed by atoms with Crippen LogP contribution in [0.1, 0.15) is 168 Å². The van der Waals surface area contributed by atoms with Crippen LogP contribution in [0.15, 0.2) is 0 Å². The standard InChI is InChI=1S/C31H57NO6/c1-3-5-7-9-11-13-15-17-19-21-23-25-27(33)37-30(35)29(32)31(36)38-28(34)26-24-22-20-18-16-14-12-10-8-6-4-2/h29H,3-26,32H2,1-2H3. The topological polar surface area (TPSA) is 113 Å². The molecule has 0 rings (SSSR count). The van der Waals surface area contributed by atoms with Crippen LogP contribution in [0.5, 0.6) is 0 Å². The Kier molecular flexibility index (Phi) is 25.6. The predicted octanol–water partition coefficient (Wildman–Crippen LogP) is 7.86. The van der Waals surface area contributed by atoms with Gasteiger partial charge in [0, 0.05) is 12.8 Å². The molecule has 2 N–H and O–H groups in total. The fourth-order valence-electron chi connectivity index (χ4n) is 4.42. The molecule has 7 nitrogen and oxygen atoms in total. The van der Waals surface area contributed by atoms with Crippen LogP contribution < -0.4 is 5.73 Å². The van der Waals surface area contributed by atoms with Crippen LogP contribution in [0, 0.1) is 0 Å². The van der Waals surface area contributed by atoms with Crippen molar-refractivity contribution in [3.05, 3.63) is 0 Å². The summed E-state index contributed by atoms with van der Waals surface area (Å²) in [7, 11) is 0. The average Bonchev–Trinajstić information content (AvgIpc) is 2.89. The Morgan fingerprint density at radius 2 is 0.684 bits per heavy atom.